The summed E-state index contributed by atoms with van der Waals surface area (Å²) in [6.45, 7) is 3.76. The second-order valence-corrected chi connectivity index (χ2v) is 9.57. The van der Waals surface area contributed by atoms with Gasteiger partial charge in [-0.2, -0.15) is 13.2 Å². The Hall–Kier alpha value is -4.36. The number of esters is 3. The summed E-state index contributed by atoms with van der Waals surface area (Å²) in [5, 5.41) is 12.5. The molecule has 222 valence electrons. The summed E-state index contributed by atoms with van der Waals surface area (Å²) in [6.07, 6.45) is -6.20. The minimum Gasteiger partial charge on any atom is -0.503 e. The van der Waals surface area contributed by atoms with Gasteiger partial charge in [0.1, 0.15) is 18.6 Å². The predicted molar refractivity (Wildman–Crippen MR) is 134 cm³/mol. The van der Waals surface area contributed by atoms with Gasteiger partial charge >= 0.3 is 24.1 Å². The van der Waals surface area contributed by atoms with Crippen molar-refractivity contribution in [1.82, 2.24) is 10.3 Å². The number of alkyl halides is 3. The highest BCUT2D eigenvalue weighted by Crippen LogP contribution is 2.31. The monoisotopic (exact) mass is 582 g/mol. The van der Waals surface area contributed by atoms with Gasteiger partial charge in [-0.3, -0.25) is 14.4 Å². The number of carbonyl (C=O) groups is 4. The maximum atomic E-state index is 13.3. The first-order valence-corrected chi connectivity index (χ1v) is 12.5. The summed E-state index contributed by atoms with van der Waals surface area (Å²) >= 11 is 0. The Morgan fingerprint density at radius 3 is 2.39 bits per heavy atom. The number of halogens is 3. The van der Waals surface area contributed by atoms with Crippen LogP contribution in [0.3, 0.4) is 0 Å². The molecule has 14 heteroatoms. The normalized spacial score (nSPS) is 21.6. The maximum Gasteiger partial charge on any atom is 0.416 e. The van der Waals surface area contributed by atoms with Gasteiger partial charge in [0.05, 0.1) is 18.6 Å². The van der Waals surface area contributed by atoms with Gasteiger partial charge < -0.3 is 29.4 Å². The smallest absolute Gasteiger partial charge is 0.416 e. The molecule has 0 saturated carbocycles. The van der Waals surface area contributed by atoms with Crippen molar-refractivity contribution in [3.05, 3.63) is 53.3 Å². The largest absolute Gasteiger partial charge is 0.503 e. The van der Waals surface area contributed by atoms with Crippen LogP contribution in [0.15, 0.2) is 36.5 Å². The van der Waals surface area contributed by atoms with Gasteiger partial charge in [-0.15, -0.1) is 0 Å². The molecule has 1 aliphatic rings. The molecule has 41 heavy (non-hydrogen) atoms. The van der Waals surface area contributed by atoms with Crippen LogP contribution in [-0.2, 0) is 41.2 Å². The van der Waals surface area contributed by atoms with Crippen LogP contribution in [0.4, 0.5) is 13.2 Å². The summed E-state index contributed by atoms with van der Waals surface area (Å²) in [7, 11) is 1.26. The summed E-state index contributed by atoms with van der Waals surface area (Å²) < 4.78 is 60.3. The molecule has 0 radical (unpaired) electrons. The van der Waals surface area contributed by atoms with Gasteiger partial charge in [0.2, 0.25) is 0 Å². The molecule has 4 unspecified atom stereocenters. The molecule has 4 atom stereocenters. The molecule has 2 aromatic rings. The predicted octanol–water partition coefficient (Wildman–Crippen LogP) is 2.83. The van der Waals surface area contributed by atoms with E-state index in [1.807, 2.05) is 0 Å². The highest BCUT2D eigenvalue weighted by molar-refractivity contribution is 5.98. The van der Waals surface area contributed by atoms with Crippen molar-refractivity contribution in [3.8, 4) is 11.5 Å². The minimum absolute atomic E-state index is 0.0526. The second kappa shape index (κ2) is 12.9. The quantitative estimate of drug-likeness (QED) is 0.369. The van der Waals surface area contributed by atoms with Crippen LogP contribution in [0.5, 0.6) is 11.5 Å². The summed E-state index contributed by atoms with van der Waals surface area (Å²) in [6, 6.07) is 3.81. The first-order chi connectivity index (χ1) is 19.2. The number of nitrogens with zero attached hydrogens (tertiary/aromatic N) is 1. The molecule has 1 aliphatic heterocycles. The highest BCUT2D eigenvalue weighted by atomic mass is 19.4. The summed E-state index contributed by atoms with van der Waals surface area (Å²) in [4.78, 5) is 55.3. The molecule has 1 saturated heterocycles. The van der Waals surface area contributed by atoms with Crippen molar-refractivity contribution < 1.29 is 56.4 Å². The molecule has 2 heterocycles. The third-order valence-corrected chi connectivity index (χ3v) is 6.23. The lowest BCUT2D eigenvalue weighted by atomic mass is 9.90. The van der Waals surface area contributed by atoms with Gasteiger partial charge in [0.15, 0.2) is 29.3 Å². The lowest BCUT2D eigenvalue weighted by Crippen LogP contribution is -2.47. The molecule has 0 bridgehead atoms. The first-order valence-electron chi connectivity index (χ1n) is 12.5. The highest BCUT2D eigenvalue weighted by Gasteiger charge is 2.42. The Morgan fingerprint density at radius 2 is 1.80 bits per heavy atom. The van der Waals surface area contributed by atoms with Crippen LogP contribution in [0, 0.1) is 11.8 Å². The number of hydrogen-bond acceptors (Lipinski definition) is 10. The van der Waals surface area contributed by atoms with Gasteiger partial charge in [-0.1, -0.05) is 26.0 Å². The van der Waals surface area contributed by atoms with Crippen LogP contribution in [0.2, 0.25) is 0 Å². The maximum absolute atomic E-state index is 13.3. The molecular weight excluding hydrogens is 553 g/mol. The molecule has 3 rings (SSSR count). The van der Waals surface area contributed by atoms with E-state index in [1.165, 1.54) is 38.4 Å². The lowest BCUT2D eigenvalue weighted by Gasteiger charge is -2.29. The van der Waals surface area contributed by atoms with E-state index in [1.54, 1.807) is 13.8 Å². The Labute approximate surface area is 232 Å². The number of nitrogens with one attached hydrogen (secondary N) is 1. The fourth-order valence-electron chi connectivity index (χ4n) is 3.96. The standard InChI is InChI=1S/C27H29F3N2O9/c1-13(2)24(35)41-22-14(3)40-26(37)18(32-23(34)20-21(33)19(38-4)9-10-31-20)12-39-25(36)17(22)11-15-5-7-16(8-6-15)27(28,29)30/h5-10,13-14,17-18,22,33H,11-12H2,1-4H3,(H,32,34). The van der Waals surface area contributed by atoms with Crippen LogP contribution in [-0.4, -0.2) is 65.9 Å². The van der Waals surface area contributed by atoms with Crippen molar-refractivity contribution in [1.29, 1.82) is 0 Å². The fraction of sp³-hybridized carbons (Fsp3) is 0.444. The van der Waals surface area contributed by atoms with Gasteiger partial charge in [0.25, 0.3) is 5.91 Å². The van der Waals surface area contributed by atoms with E-state index >= 15 is 0 Å². The van der Waals surface area contributed by atoms with Gasteiger partial charge in [-0.05, 0) is 31.0 Å². The number of hydrogen-bond donors (Lipinski definition) is 2. The number of rotatable bonds is 7. The van der Waals surface area contributed by atoms with E-state index in [-0.39, 0.29) is 12.2 Å². The Balaban J connectivity index is 1.89. The zero-order chi connectivity index (χ0) is 30.5. The van der Waals surface area contributed by atoms with E-state index in [9.17, 15) is 37.5 Å². The zero-order valence-corrected chi connectivity index (χ0v) is 22.6. The molecule has 1 amide bonds. The number of pyridine rings is 1. The number of aromatic hydroxyl groups is 1. The van der Waals surface area contributed by atoms with E-state index in [0.29, 0.717) is 5.56 Å². The SMILES string of the molecule is COc1ccnc(C(=O)NC2COC(=O)C(Cc3ccc(C(F)(F)F)cc3)C(OC(=O)C(C)C)C(C)OC2=O)c1O. The van der Waals surface area contributed by atoms with E-state index < -0.39 is 83.7 Å². The van der Waals surface area contributed by atoms with E-state index in [2.05, 4.69) is 10.3 Å². The van der Waals surface area contributed by atoms with Gasteiger partial charge in [0, 0.05) is 12.3 Å². The van der Waals surface area contributed by atoms with Crippen LogP contribution >= 0.6 is 0 Å². The molecule has 0 aliphatic carbocycles. The Kier molecular flexibility index (Phi) is 9.79. The molecule has 1 aromatic heterocycles. The van der Waals surface area contributed by atoms with E-state index in [0.717, 1.165) is 12.1 Å². The Morgan fingerprint density at radius 1 is 1.15 bits per heavy atom. The topological polar surface area (TPSA) is 150 Å². The van der Waals surface area contributed by atoms with E-state index in [4.69, 9.17) is 18.9 Å². The molecule has 11 nitrogen and oxygen atoms in total. The molecule has 2 N–H and O–H groups in total. The third kappa shape index (κ3) is 7.64. The number of cyclic esters (lactones) is 2. The molecular formula is C27H29F3N2O9. The number of aromatic nitrogens is 1. The summed E-state index contributed by atoms with van der Waals surface area (Å²) in [5.41, 5.74) is -1.06. The molecule has 1 fully saturated rings. The number of amides is 1. The zero-order valence-electron chi connectivity index (χ0n) is 22.6. The summed E-state index contributed by atoms with van der Waals surface area (Å²) in [5.74, 6) is -6.25. The average Bonchev–Trinajstić information content (AvgIpc) is 2.94. The van der Waals surface area contributed by atoms with Crippen LogP contribution in [0.25, 0.3) is 0 Å². The van der Waals surface area contributed by atoms with Crippen molar-refractivity contribution in [2.24, 2.45) is 11.8 Å². The van der Waals surface area contributed by atoms with Crippen molar-refractivity contribution in [2.75, 3.05) is 13.7 Å². The van der Waals surface area contributed by atoms with Crippen molar-refractivity contribution in [2.45, 2.75) is 51.6 Å². The third-order valence-electron chi connectivity index (χ3n) is 6.23. The minimum atomic E-state index is -4.57. The number of ether oxygens (including phenoxy) is 4. The number of methoxy groups -OCH3 is 1. The average molecular weight is 583 g/mol. The first kappa shape index (κ1) is 31.2. The van der Waals surface area contributed by atoms with Crippen LogP contribution < -0.4 is 10.1 Å². The lowest BCUT2D eigenvalue weighted by molar-refractivity contribution is -0.176. The van der Waals surface area contributed by atoms with Crippen molar-refractivity contribution >= 4 is 23.8 Å². The van der Waals surface area contributed by atoms with Crippen molar-refractivity contribution in [3.63, 3.8) is 0 Å². The molecule has 0 spiro atoms. The number of carbonyl (C=O) groups excluding carboxylic acids is 4. The molecule has 1 aromatic carbocycles. The van der Waals surface area contributed by atoms with Gasteiger partial charge in [-0.25, -0.2) is 9.78 Å². The Bertz CT molecular complexity index is 1280. The second-order valence-electron chi connectivity index (χ2n) is 9.57. The van der Waals surface area contributed by atoms with Crippen LogP contribution in [0.1, 0.15) is 42.4 Å². The fourth-order valence-corrected chi connectivity index (χ4v) is 3.96. The number of benzene rings is 1.